The molecule has 0 rings (SSSR count). The van der Waals surface area contributed by atoms with Crippen LogP contribution in [-0.2, 0) is 28.6 Å². The van der Waals surface area contributed by atoms with Crippen molar-refractivity contribution in [1.29, 1.82) is 0 Å². The Kier molecular flexibility index (Phi) is 69.1. The third-order valence-electron chi connectivity index (χ3n) is 16.5. The van der Waals surface area contributed by atoms with E-state index in [4.69, 9.17) is 14.2 Å². The zero-order valence-electron chi connectivity index (χ0n) is 55.7. The Balaban J connectivity index is 4.13. The van der Waals surface area contributed by atoms with Crippen LogP contribution in [0.5, 0.6) is 0 Å². The summed E-state index contributed by atoms with van der Waals surface area (Å²) >= 11 is 0. The Morgan fingerprint density at radius 3 is 0.735 bits per heavy atom. The minimum absolute atomic E-state index is 0.0658. The molecule has 0 aliphatic carbocycles. The monoisotopic (exact) mass is 1160 g/mol. The van der Waals surface area contributed by atoms with Gasteiger partial charge in [0.05, 0.1) is 0 Å². The van der Waals surface area contributed by atoms with Gasteiger partial charge < -0.3 is 14.2 Å². The third kappa shape index (κ3) is 69.8. The van der Waals surface area contributed by atoms with E-state index in [2.05, 4.69) is 81.5 Å². The van der Waals surface area contributed by atoms with Crippen LogP contribution >= 0.6 is 0 Å². The molecule has 0 aromatic carbocycles. The van der Waals surface area contributed by atoms with Gasteiger partial charge in [0.15, 0.2) is 6.10 Å². The average molecular weight is 1160 g/mol. The van der Waals surface area contributed by atoms with Crippen LogP contribution in [-0.4, -0.2) is 37.2 Å². The Morgan fingerprint density at radius 1 is 0.253 bits per heavy atom. The lowest BCUT2D eigenvalue weighted by atomic mass is 10.0. The van der Waals surface area contributed by atoms with Crippen LogP contribution < -0.4 is 0 Å². The van der Waals surface area contributed by atoms with Gasteiger partial charge in [-0.05, 0) is 64.2 Å². The predicted molar refractivity (Wildman–Crippen MR) is 362 cm³/mol. The van der Waals surface area contributed by atoms with Crippen molar-refractivity contribution in [2.45, 2.75) is 399 Å². The van der Waals surface area contributed by atoms with E-state index >= 15 is 0 Å². The number of hydrogen-bond donors (Lipinski definition) is 0. The van der Waals surface area contributed by atoms with Crippen LogP contribution in [0.2, 0.25) is 0 Å². The largest absolute Gasteiger partial charge is 0.462 e. The summed E-state index contributed by atoms with van der Waals surface area (Å²) in [7, 11) is 0. The standard InChI is InChI=1S/C77H140O6/c1-4-7-10-13-16-19-22-25-27-29-31-33-34-35-36-37-38-39-40-41-42-43-44-45-47-48-50-52-55-58-61-64-67-70-76(79)82-73-74(72-81-75(78)69-66-63-60-57-54-24-21-18-15-12-9-6-3)83-77(80)71-68-65-62-59-56-53-51-49-46-32-30-28-26-23-20-17-14-11-8-5-2/h7,10,16,19,25,27,31,33,35-36,74H,4-6,8-9,11-15,17-18,20-24,26,28-30,32,34,37-73H2,1-3H3/b10-7-,19-16-,27-25-,33-31-,36-35-. The highest BCUT2D eigenvalue weighted by Gasteiger charge is 2.19. The molecule has 0 saturated heterocycles. The Labute approximate surface area is 517 Å². The summed E-state index contributed by atoms with van der Waals surface area (Å²) in [6, 6.07) is 0. The molecule has 0 amide bonds. The molecular weight excluding hydrogens is 1020 g/mol. The maximum Gasteiger partial charge on any atom is 0.306 e. The first kappa shape index (κ1) is 80.1. The first-order valence-corrected chi connectivity index (χ1v) is 36.8. The molecule has 6 nitrogen and oxygen atoms in total. The van der Waals surface area contributed by atoms with E-state index in [9.17, 15) is 14.4 Å². The van der Waals surface area contributed by atoms with Crippen LogP contribution in [0.15, 0.2) is 60.8 Å². The lowest BCUT2D eigenvalue weighted by Gasteiger charge is -2.18. The van der Waals surface area contributed by atoms with Gasteiger partial charge in [-0.2, -0.15) is 0 Å². The number of rotatable bonds is 68. The van der Waals surface area contributed by atoms with E-state index in [1.165, 1.54) is 263 Å². The molecule has 0 saturated carbocycles. The molecule has 6 heteroatoms. The molecule has 0 heterocycles. The molecule has 0 aromatic heterocycles. The number of hydrogen-bond acceptors (Lipinski definition) is 6. The number of carbonyl (C=O) groups is 3. The molecule has 1 unspecified atom stereocenters. The first-order chi connectivity index (χ1) is 41.0. The topological polar surface area (TPSA) is 78.9 Å². The number of carbonyl (C=O) groups excluding carboxylic acids is 3. The zero-order valence-corrected chi connectivity index (χ0v) is 55.7. The van der Waals surface area contributed by atoms with Crippen molar-refractivity contribution < 1.29 is 28.6 Å². The molecule has 83 heavy (non-hydrogen) atoms. The Bertz CT molecular complexity index is 1470. The van der Waals surface area contributed by atoms with Crippen molar-refractivity contribution >= 4 is 17.9 Å². The molecular formula is C77H140O6. The van der Waals surface area contributed by atoms with Gasteiger partial charge in [-0.1, -0.05) is 370 Å². The summed E-state index contributed by atoms with van der Waals surface area (Å²) in [5.41, 5.74) is 0. The smallest absolute Gasteiger partial charge is 0.306 e. The molecule has 0 fully saturated rings. The quantitative estimate of drug-likeness (QED) is 0.0261. The second kappa shape index (κ2) is 71.6. The highest BCUT2D eigenvalue weighted by Crippen LogP contribution is 2.19. The van der Waals surface area contributed by atoms with Crippen LogP contribution in [0.25, 0.3) is 0 Å². The van der Waals surface area contributed by atoms with Crippen LogP contribution in [0.3, 0.4) is 0 Å². The van der Waals surface area contributed by atoms with Gasteiger partial charge in [0.1, 0.15) is 13.2 Å². The second-order valence-electron chi connectivity index (χ2n) is 24.8. The fourth-order valence-electron chi connectivity index (χ4n) is 11.1. The van der Waals surface area contributed by atoms with E-state index in [0.29, 0.717) is 19.3 Å². The third-order valence-corrected chi connectivity index (χ3v) is 16.5. The molecule has 1 atom stereocenters. The fraction of sp³-hybridized carbons (Fsp3) is 0.831. The minimum Gasteiger partial charge on any atom is -0.462 e. The number of ether oxygens (including phenoxy) is 3. The summed E-state index contributed by atoms with van der Waals surface area (Å²) in [5.74, 6) is -0.836. The van der Waals surface area contributed by atoms with Crippen molar-refractivity contribution in [2.24, 2.45) is 0 Å². The first-order valence-electron chi connectivity index (χ1n) is 36.8. The van der Waals surface area contributed by atoms with E-state index in [0.717, 1.165) is 89.9 Å². The Morgan fingerprint density at radius 2 is 0.470 bits per heavy atom. The number of esters is 3. The maximum atomic E-state index is 12.9. The van der Waals surface area contributed by atoms with Crippen LogP contribution in [0.1, 0.15) is 393 Å². The van der Waals surface area contributed by atoms with Gasteiger partial charge in [-0.25, -0.2) is 0 Å². The summed E-state index contributed by atoms with van der Waals surface area (Å²) in [4.78, 5) is 38.4. The van der Waals surface area contributed by atoms with Gasteiger partial charge in [0.25, 0.3) is 0 Å². The summed E-state index contributed by atoms with van der Waals surface area (Å²) in [6.07, 6.45) is 92.7. The highest BCUT2D eigenvalue weighted by atomic mass is 16.6. The molecule has 0 radical (unpaired) electrons. The van der Waals surface area contributed by atoms with Crippen molar-refractivity contribution in [3.05, 3.63) is 60.8 Å². The molecule has 0 bridgehead atoms. The lowest BCUT2D eigenvalue weighted by molar-refractivity contribution is -0.167. The number of allylic oxidation sites excluding steroid dienone is 10. The molecule has 0 spiro atoms. The zero-order chi connectivity index (χ0) is 59.9. The van der Waals surface area contributed by atoms with Gasteiger partial charge in [0, 0.05) is 19.3 Å². The maximum absolute atomic E-state index is 12.9. The Hall–Kier alpha value is -2.89. The summed E-state index contributed by atoms with van der Waals surface area (Å²) < 4.78 is 17.0. The molecule has 0 N–H and O–H groups in total. The van der Waals surface area contributed by atoms with E-state index in [1.807, 2.05) is 0 Å². The van der Waals surface area contributed by atoms with Gasteiger partial charge in [0.2, 0.25) is 0 Å². The number of unbranched alkanes of at least 4 members (excludes halogenated alkanes) is 47. The van der Waals surface area contributed by atoms with Crippen LogP contribution in [0.4, 0.5) is 0 Å². The van der Waals surface area contributed by atoms with Gasteiger partial charge >= 0.3 is 17.9 Å². The molecule has 484 valence electrons. The van der Waals surface area contributed by atoms with Crippen molar-refractivity contribution in [3.63, 3.8) is 0 Å². The van der Waals surface area contributed by atoms with Gasteiger partial charge in [-0.3, -0.25) is 14.4 Å². The van der Waals surface area contributed by atoms with E-state index < -0.39 is 6.10 Å². The summed E-state index contributed by atoms with van der Waals surface area (Å²) in [6.45, 7) is 6.60. The van der Waals surface area contributed by atoms with Crippen molar-refractivity contribution in [3.8, 4) is 0 Å². The average Bonchev–Trinajstić information content (AvgIpc) is 3.49. The predicted octanol–water partition coefficient (Wildman–Crippen LogP) is 25.5. The molecule has 0 aromatic rings. The van der Waals surface area contributed by atoms with E-state index in [-0.39, 0.29) is 31.1 Å². The summed E-state index contributed by atoms with van der Waals surface area (Å²) in [5, 5.41) is 0. The van der Waals surface area contributed by atoms with Crippen LogP contribution in [0, 0.1) is 0 Å². The second-order valence-corrected chi connectivity index (χ2v) is 24.8. The van der Waals surface area contributed by atoms with Crippen molar-refractivity contribution in [2.75, 3.05) is 13.2 Å². The van der Waals surface area contributed by atoms with E-state index in [1.54, 1.807) is 0 Å². The van der Waals surface area contributed by atoms with Crippen molar-refractivity contribution in [1.82, 2.24) is 0 Å². The lowest BCUT2D eigenvalue weighted by Crippen LogP contribution is -2.30. The molecule has 0 aliphatic rings. The SMILES string of the molecule is CC/C=C\C/C=C\C/C=C\C/C=C\C/C=C\CCCCCCCCCCCCCCCCCCCC(=O)OCC(COC(=O)CCCCCCCCCCCCCC)OC(=O)CCCCCCCCCCCCCCCCCCCCCC. The molecule has 0 aliphatic heterocycles. The minimum atomic E-state index is -0.769. The fourth-order valence-corrected chi connectivity index (χ4v) is 11.1. The van der Waals surface area contributed by atoms with Gasteiger partial charge in [-0.15, -0.1) is 0 Å². The highest BCUT2D eigenvalue weighted by molar-refractivity contribution is 5.71. The normalized spacial score (nSPS) is 12.4.